The number of carbonyl (C=O) groups is 1. The van der Waals surface area contributed by atoms with Gasteiger partial charge in [-0.25, -0.2) is 5.84 Å². The molecule has 0 bridgehead atoms. The van der Waals surface area contributed by atoms with E-state index in [1.807, 2.05) is 31.2 Å². The van der Waals surface area contributed by atoms with Gasteiger partial charge in [0.15, 0.2) is 12.4 Å². The topological polar surface area (TPSA) is 144 Å². The molecule has 1 atom stereocenters. The first-order valence-electron chi connectivity index (χ1n) is 8.85. The van der Waals surface area contributed by atoms with Crippen molar-refractivity contribution in [3.05, 3.63) is 42.0 Å². The fourth-order valence-corrected chi connectivity index (χ4v) is 2.19. The minimum Gasteiger partial charge on any atom is -0.491 e. The van der Waals surface area contributed by atoms with E-state index < -0.39 is 6.10 Å². The number of amides is 1. The van der Waals surface area contributed by atoms with E-state index in [-0.39, 0.29) is 25.0 Å². The van der Waals surface area contributed by atoms with Crippen LogP contribution >= 0.6 is 0 Å². The summed E-state index contributed by atoms with van der Waals surface area (Å²) in [7, 11) is 0. The average molecular weight is 390 g/mol. The van der Waals surface area contributed by atoms with Crippen LogP contribution in [0.25, 0.3) is 0 Å². The van der Waals surface area contributed by atoms with E-state index in [9.17, 15) is 9.90 Å². The highest BCUT2D eigenvalue weighted by Crippen LogP contribution is 2.16. The molecule has 0 aliphatic carbocycles. The van der Waals surface area contributed by atoms with Crippen LogP contribution in [-0.2, 0) is 4.79 Å². The van der Waals surface area contributed by atoms with Crippen LogP contribution in [-0.4, -0.2) is 60.2 Å². The van der Waals surface area contributed by atoms with Crippen molar-refractivity contribution in [2.45, 2.75) is 13.0 Å². The second-order valence-corrected chi connectivity index (χ2v) is 5.97. The number of aliphatic hydroxyl groups is 1. The molecule has 10 heteroatoms. The molecule has 1 aromatic heterocycles. The lowest BCUT2D eigenvalue weighted by Gasteiger charge is -2.14. The van der Waals surface area contributed by atoms with Crippen molar-refractivity contribution in [3.63, 3.8) is 0 Å². The van der Waals surface area contributed by atoms with Gasteiger partial charge < -0.3 is 30.6 Å². The standard InChI is InChI=1S/C18H26N6O4/c1-13-4-2-3-5-15(13)27-11-14(25)10-20-8-9-21-17(26)12-28-18-7-6-16(22-19)23-24-18/h2-7,14,20,25H,8-12,19H2,1H3,(H,21,26)(H,22,23). The fraction of sp³-hybridized carbons (Fsp3) is 0.389. The van der Waals surface area contributed by atoms with Gasteiger partial charge in [0, 0.05) is 25.7 Å². The number of aliphatic hydroxyl groups excluding tert-OH is 1. The number of aromatic nitrogens is 2. The number of nitrogens with two attached hydrogens (primary N) is 1. The molecule has 0 spiro atoms. The molecule has 6 N–H and O–H groups in total. The number of nitrogens with zero attached hydrogens (tertiary/aromatic N) is 2. The number of aryl methyl sites for hydroxylation is 1. The average Bonchev–Trinajstić information content (AvgIpc) is 2.71. The summed E-state index contributed by atoms with van der Waals surface area (Å²) in [5.74, 6) is 6.28. The number of hydrogen-bond acceptors (Lipinski definition) is 9. The Kier molecular flexibility index (Phi) is 8.92. The number of carbonyl (C=O) groups excluding carboxylic acids is 1. The summed E-state index contributed by atoms with van der Waals surface area (Å²) in [5, 5.41) is 23.2. The summed E-state index contributed by atoms with van der Waals surface area (Å²) in [6.07, 6.45) is -0.650. The van der Waals surface area contributed by atoms with E-state index in [2.05, 4.69) is 26.3 Å². The largest absolute Gasteiger partial charge is 0.491 e. The number of benzene rings is 1. The third-order valence-corrected chi connectivity index (χ3v) is 3.67. The lowest BCUT2D eigenvalue weighted by atomic mass is 10.2. The maximum atomic E-state index is 11.7. The maximum absolute atomic E-state index is 11.7. The van der Waals surface area contributed by atoms with Crippen molar-refractivity contribution in [2.75, 3.05) is 38.3 Å². The van der Waals surface area contributed by atoms with Gasteiger partial charge in [-0.05, 0) is 24.6 Å². The zero-order chi connectivity index (χ0) is 20.2. The monoisotopic (exact) mass is 390 g/mol. The second-order valence-electron chi connectivity index (χ2n) is 5.97. The van der Waals surface area contributed by atoms with E-state index in [1.165, 1.54) is 0 Å². The molecule has 1 aromatic carbocycles. The molecule has 0 fully saturated rings. The highest BCUT2D eigenvalue weighted by molar-refractivity contribution is 5.77. The molecular weight excluding hydrogens is 364 g/mol. The normalized spacial score (nSPS) is 11.5. The van der Waals surface area contributed by atoms with Crippen molar-refractivity contribution in [2.24, 2.45) is 5.84 Å². The number of hydrazine groups is 1. The Morgan fingerprint density at radius 1 is 1.18 bits per heavy atom. The number of rotatable bonds is 12. The molecule has 2 rings (SSSR count). The summed E-state index contributed by atoms with van der Waals surface area (Å²) >= 11 is 0. The van der Waals surface area contributed by atoms with Gasteiger partial charge in [-0.2, -0.15) is 0 Å². The van der Waals surface area contributed by atoms with Gasteiger partial charge in [-0.15, -0.1) is 10.2 Å². The predicted octanol–water partition coefficient (Wildman–Crippen LogP) is -0.405. The molecule has 0 saturated carbocycles. The highest BCUT2D eigenvalue weighted by Gasteiger charge is 2.07. The van der Waals surface area contributed by atoms with Crippen LogP contribution in [0.1, 0.15) is 5.56 Å². The summed E-state index contributed by atoms with van der Waals surface area (Å²) < 4.78 is 10.8. The van der Waals surface area contributed by atoms with Crippen LogP contribution < -0.4 is 31.4 Å². The SMILES string of the molecule is Cc1ccccc1OCC(O)CNCCNC(=O)COc1ccc(NN)nn1. The van der Waals surface area contributed by atoms with Crippen molar-refractivity contribution < 1.29 is 19.4 Å². The van der Waals surface area contributed by atoms with Gasteiger partial charge in [0.25, 0.3) is 5.91 Å². The summed E-state index contributed by atoms with van der Waals surface area (Å²) in [6, 6.07) is 10.8. The second kappa shape index (κ2) is 11.7. The molecule has 1 heterocycles. The quantitative estimate of drug-likeness (QED) is 0.186. The molecule has 28 heavy (non-hydrogen) atoms. The first-order valence-corrected chi connectivity index (χ1v) is 8.85. The number of anilines is 1. The molecule has 0 aliphatic rings. The lowest BCUT2D eigenvalue weighted by Crippen LogP contribution is -2.38. The number of nitrogens with one attached hydrogen (secondary N) is 3. The molecule has 0 saturated heterocycles. The molecule has 1 unspecified atom stereocenters. The number of hydrogen-bond donors (Lipinski definition) is 5. The molecule has 2 aromatic rings. The first kappa shape index (κ1) is 21.4. The fourth-order valence-electron chi connectivity index (χ4n) is 2.19. The van der Waals surface area contributed by atoms with E-state index >= 15 is 0 Å². The minimum absolute atomic E-state index is 0.170. The molecule has 0 radical (unpaired) electrons. The van der Waals surface area contributed by atoms with Crippen LogP contribution in [0.2, 0.25) is 0 Å². The summed E-state index contributed by atoms with van der Waals surface area (Å²) in [5.41, 5.74) is 3.36. The highest BCUT2D eigenvalue weighted by atomic mass is 16.5. The Morgan fingerprint density at radius 3 is 2.71 bits per heavy atom. The van der Waals surface area contributed by atoms with Gasteiger partial charge in [0.2, 0.25) is 5.88 Å². The van der Waals surface area contributed by atoms with E-state index in [0.717, 1.165) is 11.3 Å². The van der Waals surface area contributed by atoms with E-state index in [0.29, 0.717) is 25.5 Å². The van der Waals surface area contributed by atoms with Crippen LogP contribution in [0.5, 0.6) is 11.6 Å². The smallest absolute Gasteiger partial charge is 0.258 e. The Labute approximate surface area is 163 Å². The molecule has 10 nitrogen and oxygen atoms in total. The number of ether oxygens (including phenoxy) is 2. The molecule has 152 valence electrons. The lowest BCUT2D eigenvalue weighted by molar-refractivity contribution is -0.123. The van der Waals surface area contributed by atoms with Gasteiger partial charge >= 0.3 is 0 Å². The Hall–Kier alpha value is -2.95. The van der Waals surface area contributed by atoms with Crippen LogP contribution in [0, 0.1) is 6.92 Å². The maximum Gasteiger partial charge on any atom is 0.258 e. The van der Waals surface area contributed by atoms with Crippen molar-refractivity contribution in [3.8, 4) is 11.6 Å². The number of nitrogen functional groups attached to an aromatic ring is 1. The zero-order valence-electron chi connectivity index (χ0n) is 15.7. The molecular formula is C18H26N6O4. The van der Waals surface area contributed by atoms with Crippen LogP contribution in [0.4, 0.5) is 5.82 Å². The van der Waals surface area contributed by atoms with Gasteiger partial charge in [-0.1, -0.05) is 18.2 Å². The minimum atomic E-state index is -0.650. The van der Waals surface area contributed by atoms with E-state index in [1.54, 1.807) is 12.1 Å². The third kappa shape index (κ3) is 7.74. The van der Waals surface area contributed by atoms with E-state index in [4.69, 9.17) is 15.3 Å². The van der Waals surface area contributed by atoms with Gasteiger partial charge in [0.05, 0.1) is 0 Å². The zero-order valence-corrected chi connectivity index (χ0v) is 15.7. The Morgan fingerprint density at radius 2 is 2.00 bits per heavy atom. The summed E-state index contributed by atoms with van der Waals surface area (Å²) in [6.45, 7) is 3.23. The molecule has 1 amide bonds. The van der Waals surface area contributed by atoms with Crippen molar-refractivity contribution in [1.29, 1.82) is 0 Å². The predicted molar refractivity (Wildman–Crippen MR) is 104 cm³/mol. The van der Waals surface area contributed by atoms with Crippen molar-refractivity contribution in [1.82, 2.24) is 20.8 Å². The van der Waals surface area contributed by atoms with Gasteiger partial charge in [0.1, 0.15) is 18.5 Å². The number of para-hydroxylation sites is 1. The third-order valence-electron chi connectivity index (χ3n) is 3.67. The Bertz CT molecular complexity index is 728. The van der Waals surface area contributed by atoms with Crippen LogP contribution in [0.3, 0.4) is 0 Å². The van der Waals surface area contributed by atoms with Crippen molar-refractivity contribution >= 4 is 11.7 Å². The van der Waals surface area contributed by atoms with Gasteiger partial charge in [-0.3, -0.25) is 4.79 Å². The molecule has 0 aliphatic heterocycles. The summed E-state index contributed by atoms with van der Waals surface area (Å²) in [4.78, 5) is 11.7. The Balaban J connectivity index is 1.52. The first-order chi connectivity index (χ1) is 13.6. The van der Waals surface area contributed by atoms with Crippen LogP contribution in [0.15, 0.2) is 36.4 Å².